The Balaban J connectivity index is -0.000000605. The van der Waals surface area contributed by atoms with Gasteiger partial charge in [-0.25, -0.2) is 0 Å². The van der Waals surface area contributed by atoms with E-state index in [2.05, 4.69) is 0 Å². The van der Waals surface area contributed by atoms with E-state index in [-0.39, 0.29) is 31.0 Å². The fourth-order valence-corrected chi connectivity index (χ4v) is 1.19. The average Bonchev–Trinajstić information content (AvgIpc) is 1.84. The van der Waals surface area contributed by atoms with E-state index in [0.717, 1.165) is 6.08 Å². The van der Waals surface area contributed by atoms with Gasteiger partial charge < -0.3 is 7.16 Å². The standard InChI is InChI=1S/C6H11NO4S.Na.H/c1-2-3-4-5(6(7)8)12(9,10)11;;/h4H,2-3H2,1H3,(H2,7,8)(H,9,10,11);;/q;+1;-1/b5-4+;;. The maximum Gasteiger partial charge on any atom is 1.00 e. The molecule has 0 spiro atoms. The summed E-state index contributed by atoms with van der Waals surface area (Å²) in [5.74, 6) is -1.13. The second kappa shape index (κ2) is 6.56. The molecule has 5 nitrogen and oxygen atoms in total. The van der Waals surface area contributed by atoms with Gasteiger partial charge in [0.2, 0.25) is 0 Å². The monoisotopic (exact) mass is 217 g/mol. The number of rotatable bonds is 4. The number of allylic oxidation sites excluding steroid dienone is 1. The number of carbonyl (C=O) groups excluding carboxylic acids is 1. The number of nitrogens with two attached hydrogens (primary N) is 1. The summed E-state index contributed by atoms with van der Waals surface area (Å²) in [5, 5.41) is 0. The Morgan fingerprint density at radius 3 is 2.31 bits per heavy atom. The van der Waals surface area contributed by atoms with Crippen LogP contribution in [-0.4, -0.2) is 18.9 Å². The summed E-state index contributed by atoms with van der Waals surface area (Å²) in [6.07, 6.45) is 2.17. The molecule has 0 saturated heterocycles. The van der Waals surface area contributed by atoms with Crippen LogP contribution < -0.4 is 35.3 Å². The van der Waals surface area contributed by atoms with Crippen molar-refractivity contribution >= 4 is 16.0 Å². The zero-order valence-corrected chi connectivity index (χ0v) is 10.5. The van der Waals surface area contributed by atoms with Crippen molar-refractivity contribution in [2.75, 3.05) is 0 Å². The zero-order valence-electron chi connectivity index (χ0n) is 8.65. The van der Waals surface area contributed by atoms with Gasteiger partial charge in [0.15, 0.2) is 4.91 Å². The Labute approximate surface area is 101 Å². The Kier molecular flexibility index (Phi) is 7.86. The molecule has 0 atom stereocenters. The van der Waals surface area contributed by atoms with Crippen LogP contribution in [-0.2, 0) is 14.9 Å². The first kappa shape index (κ1) is 15.6. The van der Waals surface area contributed by atoms with Crippen molar-refractivity contribution in [1.82, 2.24) is 0 Å². The Hall–Kier alpha value is 0.120. The number of amides is 1. The molecule has 0 aliphatic carbocycles. The minimum atomic E-state index is -4.45. The quantitative estimate of drug-likeness (QED) is 0.301. The predicted octanol–water partition coefficient (Wildman–Crippen LogP) is -2.84. The van der Waals surface area contributed by atoms with Crippen LogP contribution in [0.1, 0.15) is 21.2 Å². The number of unbranched alkanes of at least 4 members (excludes halogenated alkanes) is 1. The third-order valence-corrected chi connectivity index (χ3v) is 2.06. The van der Waals surface area contributed by atoms with Crippen molar-refractivity contribution in [3.63, 3.8) is 0 Å². The van der Waals surface area contributed by atoms with Crippen molar-refractivity contribution in [3.05, 3.63) is 11.0 Å². The van der Waals surface area contributed by atoms with E-state index in [0.29, 0.717) is 12.8 Å². The third kappa shape index (κ3) is 6.23. The van der Waals surface area contributed by atoms with E-state index < -0.39 is 20.9 Å². The zero-order chi connectivity index (χ0) is 9.78. The van der Waals surface area contributed by atoms with E-state index in [1.807, 2.05) is 0 Å². The molecular weight excluding hydrogens is 205 g/mol. The molecule has 0 bridgehead atoms. The molecule has 0 heterocycles. The Bertz CT molecular complexity index is 301. The van der Waals surface area contributed by atoms with Crippen LogP contribution >= 0.6 is 0 Å². The van der Waals surface area contributed by atoms with Crippen LogP contribution in [0, 0.1) is 0 Å². The van der Waals surface area contributed by atoms with Gasteiger partial charge in [-0.1, -0.05) is 19.4 Å². The summed E-state index contributed by atoms with van der Waals surface area (Å²) >= 11 is 0. The summed E-state index contributed by atoms with van der Waals surface area (Å²) in [6.45, 7) is 1.80. The van der Waals surface area contributed by atoms with Gasteiger partial charge in [-0.2, -0.15) is 8.42 Å². The van der Waals surface area contributed by atoms with Crippen LogP contribution in [0.2, 0.25) is 0 Å². The Morgan fingerprint density at radius 1 is 1.62 bits per heavy atom. The van der Waals surface area contributed by atoms with Crippen LogP contribution in [0.4, 0.5) is 0 Å². The molecule has 0 saturated carbocycles. The number of hydrogen-bond donors (Lipinski definition) is 2. The van der Waals surface area contributed by atoms with E-state index in [9.17, 15) is 13.2 Å². The molecule has 0 radical (unpaired) electrons. The largest absolute Gasteiger partial charge is 1.00 e. The SMILES string of the molecule is CCC/C=C(\C(N)=O)S(=O)(=O)O.[H-].[Na+]. The molecule has 0 aromatic carbocycles. The number of carbonyl (C=O) groups is 1. The average molecular weight is 217 g/mol. The molecule has 0 aromatic heterocycles. The minimum Gasteiger partial charge on any atom is -1.00 e. The van der Waals surface area contributed by atoms with E-state index in [4.69, 9.17) is 10.3 Å². The summed E-state index contributed by atoms with van der Waals surface area (Å²) < 4.78 is 29.4. The van der Waals surface area contributed by atoms with Crippen LogP contribution in [0.15, 0.2) is 11.0 Å². The first-order valence-corrected chi connectivity index (χ1v) is 4.81. The normalized spacial score (nSPS) is 12.0. The topological polar surface area (TPSA) is 97.5 Å². The van der Waals surface area contributed by atoms with Crippen LogP contribution in [0.3, 0.4) is 0 Å². The molecule has 0 rings (SSSR count). The smallest absolute Gasteiger partial charge is 1.00 e. The van der Waals surface area contributed by atoms with Gasteiger partial charge in [0.05, 0.1) is 0 Å². The van der Waals surface area contributed by atoms with Crippen molar-refractivity contribution in [2.45, 2.75) is 19.8 Å². The van der Waals surface area contributed by atoms with Gasteiger partial charge in [-0.05, 0) is 6.42 Å². The van der Waals surface area contributed by atoms with E-state index in [1.54, 1.807) is 6.92 Å². The second-order valence-electron chi connectivity index (χ2n) is 2.20. The van der Waals surface area contributed by atoms with Gasteiger partial charge in [-0.3, -0.25) is 9.35 Å². The van der Waals surface area contributed by atoms with Crippen molar-refractivity contribution in [1.29, 1.82) is 0 Å². The molecule has 0 aliphatic rings. The summed E-state index contributed by atoms with van der Waals surface area (Å²) in [6, 6.07) is 0. The van der Waals surface area contributed by atoms with Crippen LogP contribution in [0.5, 0.6) is 0 Å². The maximum absolute atomic E-state index is 10.5. The first-order chi connectivity index (χ1) is 5.39. The van der Waals surface area contributed by atoms with Crippen LogP contribution in [0.25, 0.3) is 0 Å². The van der Waals surface area contributed by atoms with Gasteiger partial charge in [0, 0.05) is 0 Å². The van der Waals surface area contributed by atoms with E-state index in [1.165, 1.54) is 0 Å². The molecule has 3 N–H and O–H groups in total. The maximum atomic E-state index is 10.5. The molecule has 7 heteroatoms. The molecule has 0 aliphatic heterocycles. The minimum absolute atomic E-state index is 0. The van der Waals surface area contributed by atoms with Crippen molar-refractivity contribution in [2.24, 2.45) is 5.73 Å². The van der Waals surface area contributed by atoms with Crippen molar-refractivity contribution in [3.8, 4) is 0 Å². The molecule has 72 valence electrons. The molecule has 1 amide bonds. The van der Waals surface area contributed by atoms with Gasteiger partial charge in [0.1, 0.15) is 0 Å². The molecule has 13 heavy (non-hydrogen) atoms. The van der Waals surface area contributed by atoms with Crippen molar-refractivity contribution < 1.29 is 48.7 Å². The third-order valence-electron chi connectivity index (χ3n) is 1.14. The summed E-state index contributed by atoms with van der Waals surface area (Å²) in [4.78, 5) is 9.73. The fourth-order valence-electron chi connectivity index (χ4n) is 0.608. The number of primary amides is 1. The fraction of sp³-hybridized carbons (Fsp3) is 0.500. The molecule has 0 unspecified atom stereocenters. The molecular formula is C6H12NNaO4S. The Morgan fingerprint density at radius 2 is 2.08 bits per heavy atom. The predicted molar refractivity (Wildman–Crippen MR) is 44.8 cm³/mol. The summed E-state index contributed by atoms with van der Waals surface area (Å²) in [5.41, 5.74) is 4.72. The van der Waals surface area contributed by atoms with Gasteiger partial charge >= 0.3 is 29.6 Å². The first-order valence-electron chi connectivity index (χ1n) is 3.37. The van der Waals surface area contributed by atoms with Gasteiger partial charge in [0.25, 0.3) is 16.0 Å². The molecule has 0 fully saturated rings. The number of hydrogen-bond acceptors (Lipinski definition) is 3. The summed E-state index contributed by atoms with van der Waals surface area (Å²) in [7, 11) is -4.45. The second-order valence-corrected chi connectivity index (χ2v) is 3.59. The molecule has 0 aromatic rings. The van der Waals surface area contributed by atoms with E-state index >= 15 is 0 Å². The van der Waals surface area contributed by atoms with Gasteiger partial charge in [-0.15, -0.1) is 0 Å².